The van der Waals surface area contributed by atoms with Gasteiger partial charge in [-0.15, -0.1) is 0 Å². The Kier molecular flexibility index (Phi) is 6.18. The average Bonchev–Trinajstić information content (AvgIpc) is 2.30. The van der Waals surface area contributed by atoms with Crippen molar-refractivity contribution < 1.29 is 0 Å². The van der Waals surface area contributed by atoms with E-state index in [4.69, 9.17) is 0 Å². The van der Waals surface area contributed by atoms with Gasteiger partial charge < -0.3 is 10.2 Å². The standard InChI is InChI=1S/C12H23N5S/c1-6-13-10-14-11(17(7-2)8-3)16-12(15-10)18-9(4)5/h9H,6-8H2,1-5H3,(H,13,14,15,16). The van der Waals surface area contributed by atoms with Crippen molar-refractivity contribution in [1.82, 2.24) is 15.0 Å². The summed E-state index contributed by atoms with van der Waals surface area (Å²) in [7, 11) is 0. The molecule has 0 saturated heterocycles. The van der Waals surface area contributed by atoms with E-state index in [0.29, 0.717) is 11.2 Å². The van der Waals surface area contributed by atoms with E-state index >= 15 is 0 Å². The summed E-state index contributed by atoms with van der Waals surface area (Å²) in [4.78, 5) is 15.5. The summed E-state index contributed by atoms with van der Waals surface area (Å²) in [6, 6.07) is 0. The molecule has 0 spiro atoms. The predicted molar refractivity (Wildman–Crippen MR) is 78.5 cm³/mol. The van der Waals surface area contributed by atoms with Crippen LogP contribution in [0.2, 0.25) is 0 Å². The van der Waals surface area contributed by atoms with Crippen molar-refractivity contribution in [3.8, 4) is 0 Å². The van der Waals surface area contributed by atoms with Crippen LogP contribution in [0.1, 0.15) is 34.6 Å². The Bertz CT molecular complexity index is 365. The maximum Gasteiger partial charge on any atom is 0.231 e. The molecule has 0 aromatic carbocycles. The first-order chi connectivity index (χ1) is 8.60. The molecule has 0 fully saturated rings. The van der Waals surface area contributed by atoms with Crippen molar-refractivity contribution in [3.05, 3.63) is 0 Å². The Labute approximate surface area is 114 Å². The molecule has 1 aromatic heterocycles. The summed E-state index contributed by atoms with van der Waals surface area (Å²) in [5.74, 6) is 1.42. The number of anilines is 2. The van der Waals surface area contributed by atoms with Crippen LogP contribution in [-0.4, -0.2) is 39.8 Å². The minimum absolute atomic E-state index is 0.464. The highest BCUT2D eigenvalue weighted by atomic mass is 32.2. The molecule has 0 radical (unpaired) electrons. The predicted octanol–water partition coefficient (Wildman–Crippen LogP) is 2.65. The Balaban J connectivity index is 3.04. The van der Waals surface area contributed by atoms with Gasteiger partial charge >= 0.3 is 0 Å². The molecule has 1 aromatic rings. The van der Waals surface area contributed by atoms with E-state index in [1.807, 2.05) is 6.92 Å². The lowest BCUT2D eigenvalue weighted by Crippen LogP contribution is -2.25. The molecule has 0 aliphatic rings. The number of thioether (sulfide) groups is 1. The summed E-state index contributed by atoms with van der Waals surface area (Å²) in [5, 5.41) is 4.42. The van der Waals surface area contributed by atoms with Gasteiger partial charge in [-0.05, 0) is 20.8 Å². The van der Waals surface area contributed by atoms with Crippen LogP contribution in [0.4, 0.5) is 11.9 Å². The topological polar surface area (TPSA) is 53.9 Å². The SMILES string of the molecule is CCNc1nc(SC(C)C)nc(N(CC)CC)n1. The van der Waals surface area contributed by atoms with Crippen molar-refractivity contribution in [3.63, 3.8) is 0 Å². The Morgan fingerprint density at radius 2 is 1.78 bits per heavy atom. The highest BCUT2D eigenvalue weighted by Crippen LogP contribution is 2.22. The molecule has 1 rings (SSSR count). The number of nitrogens with zero attached hydrogens (tertiary/aromatic N) is 4. The van der Waals surface area contributed by atoms with Gasteiger partial charge in [0.05, 0.1) is 0 Å². The number of nitrogens with one attached hydrogen (secondary N) is 1. The fraction of sp³-hybridized carbons (Fsp3) is 0.750. The molecular formula is C12H23N5S. The molecule has 0 aliphatic carbocycles. The zero-order chi connectivity index (χ0) is 13.5. The number of aromatic nitrogens is 3. The summed E-state index contributed by atoms with van der Waals surface area (Å²) in [6.45, 7) is 13.1. The van der Waals surface area contributed by atoms with E-state index < -0.39 is 0 Å². The van der Waals surface area contributed by atoms with Crippen molar-refractivity contribution in [2.45, 2.75) is 45.0 Å². The second-order valence-corrected chi connectivity index (χ2v) is 5.65. The van der Waals surface area contributed by atoms with Crippen molar-refractivity contribution in [1.29, 1.82) is 0 Å². The van der Waals surface area contributed by atoms with Gasteiger partial charge in [-0.1, -0.05) is 25.6 Å². The Hall–Kier alpha value is -1.04. The van der Waals surface area contributed by atoms with Crippen LogP contribution >= 0.6 is 11.8 Å². The molecule has 102 valence electrons. The summed E-state index contributed by atoms with van der Waals surface area (Å²) < 4.78 is 0. The normalized spacial score (nSPS) is 10.8. The number of rotatable bonds is 7. The lowest BCUT2D eigenvalue weighted by atomic mass is 10.5. The van der Waals surface area contributed by atoms with Gasteiger partial charge in [-0.3, -0.25) is 0 Å². The lowest BCUT2D eigenvalue weighted by molar-refractivity contribution is 0.782. The third-order valence-corrected chi connectivity index (χ3v) is 3.19. The molecular weight excluding hydrogens is 246 g/mol. The minimum Gasteiger partial charge on any atom is -0.354 e. The highest BCUT2D eigenvalue weighted by molar-refractivity contribution is 7.99. The van der Waals surface area contributed by atoms with E-state index in [1.165, 1.54) is 0 Å². The fourth-order valence-electron chi connectivity index (χ4n) is 1.49. The van der Waals surface area contributed by atoms with Crippen LogP contribution in [-0.2, 0) is 0 Å². The van der Waals surface area contributed by atoms with Crippen LogP contribution in [0, 0.1) is 0 Å². The summed E-state index contributed by atoms with van der Waals surface area (Å²) in [6.07, 6.45) is 0. The van der Waals surface area contributed by atoms with Gasteiger partial charge in [0.2, 0.25) is 11.9 Å². The first-order valence-corrected chi connectivity index (χ1v) is 7.40. The highest BCUT2D eigenvalue weighted by Gasteiger charge is 2.12. The smallest absolute Gasteiger partial charge is 0.231 e. The van der Waals surface area contributed by atoms with E-state index in [2.05, 4.69) is 52.9 Å². The van der Waals surface area contributed by atoms with Crippen molar-refractivity contribution in [2.75, 3.05) is 29.9 Å². The maximum absolute atomic E-state index is 4.52. The molecule has 0 atom stereocenters. The summed E-state index contributed by atoms with van der Waals surface area (Å²) in [5.41, 5.74) is 0. The number of hydrogen-bond acceptors (Lipinski definition) is 6. The fourth-order valence-corrected chi connectivity index (χ4v) is 2.19. The van der Waals surface area contributed by atoms with Gasteiger partial charge in [-0.2, -0.15) is 15.0 Å². The Morgan fingerprint density at radius 3 is 2.28 bits per heavy atom. The zero-order valence-corrected chi connectivity index (χ0v) is 12.7. The monoisotopic (exact) mass is 269 g/mol. The third kappa shape index (κ3) is 4.33. The molecule has 0 saturated carbocycles. The molecule has 0 amide bonds. The quantitative estimate of drug-likeness (QED) is 0.768. The van der Waals surface area contributed by atoms with Gasteiger partial charge in [0, 0.05) is 24.9 Å². The van der Waals surface area contributed by atoms with Crippen LogP contribution in [0.5, 0.6) is 0 Å². The number of hydrogen-bond donors (Lipinski definition) is 1. The maximum atomic E-state index is 4.52. The van der Waals surface area contributed by atoms with E-state index in [-0.39, 0.29) is 0 Å². The van der Waals surface area contributed by atoms with E-state index in [9.17, 15) is 0 Å². The first-order valence-electron chi connectivity index (χ1n) is 6.52. The second-order valence-electron chi connectivity index (χ2n) is 4.11. The van der Waals surface area contributed by atoms with Crippen LogP contribution < -0.4 is 10.2 Å². The van der Waals surface area contributed by atoms with Crippen molar-refractivity contribution in [2.24, 2.45) is 0 Å². The van der Waals surface area contributed by atoms with Gasteiger partial charge in [0.25, 0.3) is 0 Å². The first kappa shape index (κ1) is 15.0. The molecule has 5 nitrogen and oxygen atoms in total. The van der Waals surface area contributed by atoms with E-state index in [0.717, 1.165) is 30.7 Å². The van der Waals surface area contributed by atoms with Gasteiger partial charge in [0.15, 0.2) is 5.16 Å². The Morgan fingerprint density at radius 1 is 1.11 bits per heavy atom. The van der Waals surface area contributed by atoms with Crippen molar-refractivity contribution >= 4 is 23.7 Å². The molecule has 0 aliphatic heterocycles. The van der Waals surface area contributed by atoms with Gasteiger partial charge in [0.1, 0.15) is 0 Å². The second kappa shape index (κ2) is 7.41. The molecule has 6 heteroatoms. The van der Waals surface area contributed by atoms with Crippen LogP contribution in [0.15, 0.2) is 5.16 Å². The lowest BCUT2D eigenvalue weighted by Gasteiger charge is -2.19. The molecule has 1 heterocycles. The van der Waals surface area contributed by atoms with Crippen LogP contribution in [0.3, 0.4) is 0 Å². The third-order valence-electron chi connectivity index (χ3n) is 2.33. The largest absolute Gasteiger partial charge is 0.354 e. The minimum atomic E-state index is 0.464. The zero-order valence-electron chi connectivity index (χ0n) is 11.9. The van der Waals surface area contributed by atoms with E-state index in [1.54, 1.807) is 11.8 Å². The molecule has 0 bridgehead atoms. The van der Waals surface area contributed by atoms with Gasteiger partial charge in [-0.25, -0.2) is 0 Å². The average molecular weight is 269 g/mol. The molecule has 1 N–H and O–H groups in total. The molecule has 18 heavy (non-hydrogen) atoms. The van der Waals surface area contributed by atoms with Crippen LogP contribution in [0.25, 0.3) is 0 Å². The molecule has 0 unspecified atom stereocenters. The summed E-state index contributed by atoms with van der Waals surface area (Å²) >= 11 is 1.66.